The van der Waals surface area contributed by atoms with E-state index in [4.69, 9.17) is 16.3 Å². The molecule has 0 atom stereocenters. The Balaban J connectivity index is 0.00000288. The minimum Gasteiger partial charge on any atom is -0.381 e. The third-order valence-corrected chi connectivity index (χ3v) is 5.78. The van der Waals surface area contributed by atoms with E-state index in [0.717, 1.165) is 57.1 Å². The predicted molar refractivity (Wildman–Crippen MR) is 114 cm³/mol. The van der Waals surface area contributed by atoms with Gasteiger partial charge < -0.3 is 15.4 Å². The fourth-order valence-corrected chi connectivity index (χ4v) is 3.44. The van der Waals surface area contributed by atoms with Crippen molar-refractivity contribution in [2.45, 2.75) is 24.0 Å². The highest BCUT2D eigenvalue weighted by Gasteiger charge is 2.31. The molecular formula is C16H26ClIN4OS. The van der Waals surface area contributed by atoms with Gasteiger partial charge in [-0.1, -0.05) is 17.7 Å². The molecule has 1 aromatic heterocycles. The summed E-state index contributed by atoms with van der Waals surface area (Å²) >= 11 is 7.72. The average molecular weight is 485 g/mol. The predicted octanol–water partition coefficient (Wildman–Crippen LogP) is 2.97. The first kappa shape index (κ1) is 21.8. The lowest BCUT2D eigenvalue weighted by atomic mass is 9.99. The van der Waals surface area contributed by atoms with E-state index in [9.17, 15) is 0 Å². The topological polar surface area (TPSA) is 58.5 Å². The lowest BCUT2D eigenvalue weighted by Gasteiger charge is -2.36. The molecule has 1 saturated heterocycles. The van der Waals surface area contributed by atoms with Crippen molar-refractivity contribution in [2.24, 2.45) is 4.99 Å². The molecule has 0 radical (unpaired) electrons. The maximum atomic E-state index is 5.79. The molecule has 2 rings (SSSR count). The number of hydrogen-bond acceptors (Lipinski definition) is 4. The van der Waals surface area contributed by atoms with E-state index in [1.54, 1.807) is 7.05 Å². The van der Waals surface area contributed by atoms with E-state index in [2.05, 4.69) is 26.9 Å². The van der Waals surface area contributed by atoms with Gasteiger partial charge in [-0.05, 0) is 37.1 Å². The highest BCUT2D eigenvalue weighted by Crippen LogP contribution is 2.32. The molecular weight excluding hydrogens is 459 g/mol. The van der Waals surface area contributed by atoms with Crippen LogP contribution in [0.5, 0.6) is 0 Å². The summed E-state index contributed by atoms with van der Waals surface area (Å²) in [7, 11) is 1.80. The number of halogens is 2. The molecule has 0 amide bonds. The zero-order chi connectivity index (χ0) is 16.5. The Morgan fingerprint density at radius 2 is 2.12 bits per heavy atom. The van der Waals surface area contributed by atoms with Gasteiger partial charge >= 0.3 is 0 Å². The maximum absolute atomic E-state index is 5.79. The van der Waals surface area contributed by atoms with Crippen molar-refractivity contribution in [2.75, 3.05) is 39.6 Å². The molecule has 2 heterocycles. The number of hydrogen-bond donors (Lipinski definition) is 2. The standard InChI is InChI=1S/C16H25ClN4OS.HI/c1-18-15(19-8-5-13-3-4-14(17)20-11-13)21-12-16(23-2)6-9-22-10-7-16;/h3-4,11H,5-10,12H2,1-2H3,(H2,18,19,21);1H. The Kier molecular flexibility index (Phi) is 10.3. The second-order valence-corrected chi connectivity index (χ2v) is 7.25. The summed E-state index contributed by atoms with van der Waals surface area (Å²) in [4.78, 5) is 8.39. The zero-order valence-electron chi connectivity index (χ0n) is 14.2. The molecule has 0 bridgehead atoms. The van der Waals surface area contributed by atoms with Gasteiger partial charge in [-0.3, -0.25) is 4.99 Å². The van der Waals surface area contributed by atoms with Crippen molar-refractivity contribution < 1.29 is 4.74 Å². The molecule has 8 heteroatoms. The summed E-state index contributed by atoms with van der Waals surface area (Å²) in [5.74, 6) is 0.840. The molecule has 1 aliphatic rings. The number of rotatable bonds is 6. The van der Waals surface area contributed by atoms with Gasteiger partial charge in [0.05, 0.1) is 0 Å². The molecule has 1 fully saturated rings. The largest absolute Gasteiger partial charge is 0.381 e. The van der Waals surface area contributed by atoms with E-state index in [1.807, 2.05) is 30.1 Å². The second kappa shape index (κ2) is 11.4. The van der Waals surface area contributed by atoms with E-state index in [-0.39, 0.29) is 28.7 Å². The van der Waals surface area contributed by atoms with Crippen LogP contribution in [-0.2, 0) is 11.2 Å². The molecule has 0 saturated carbocycles. The van der Waals surface area contributed by atoms with Gasteiger partial charge in [0.15, 0.2) is 5.96 Å². The Morgan fingerprint density at radius 1 is 1.38 bits per heavy atom. The van der Waals surface area contributed by atoms with E-state index in [1.165, 1.54) is 0 Å². The lowest BCUT2D eigenvalue weighted by Crippen LogP contribution is -2.48. The smallest absolute Gasteiger partial charge is 0.191 e. The summed E-state index contributed by atoms with van der Waals surface area (Å²) in [5, 5.41) is 7.33. The molecule has 5 nitrogen and oxygen atoms in total. The summed E-state index contributed by atoms with van der Waals surface area (Å²) in [6.45, 7) is 3.40. The van der Waals surface area contributed by atoms with Gasteiger partial charge in [-0.15, -0.1) is 24.0 Å². The Bertz CT molecular complexity index is 509. The van der Waals surface area contributed by atoms with Crippen molar-refractivity contribution >= 4 is 53.3 Å². The third kappa shape index (κ3) is 6.93. The molecule has 0 unspecified atom stereocenters. The number of nitrogens with zero attached hydrogens (tertiary/aromatic N) is 2. The van der Waals surface area contributed by atoms with Crippen LogP contribution in [0, 0.1) is 0 Å². The van der Waals surface area contributed by atoms with Crippen LogP contribution in [0.25, 0.3) is 0 Å². The minimum atomic E-state index is 0. The number of ether oxygens (including phenoxy) is 1. The summed E-state index contributed by atoms with van der Waals surface area (Å²) in [6, 6.07) is 3.81. The molecule has 0 aliphatic carbocycles. The Labute approximate surface area is 170 Å². The first-order chi connectivity index (χ1) is 11.2. The van der Waals surface area contributed by atoms with Crippen LogP contribution in [0.1, 0.15) is 18.4 Å². The van der Waals surface area contributed by atoms with Crippen molar-refractivity contribution in [3.63, 3.8) is 0 Å². The van der Waals surface area contributed by atoms with Gasteiger partial charge in [-0.2, -0.15) is 11.8 Å². The number of thioether (sulfide) groups is 1. The maximum Gasteiger partial charge on any atom is 0.191 e. The second-order valence-electron chi connectivity index (χ2n) is 5.59. The van der Waals surface area contributed by atoms with Gasteiger partial charge in [-0.25, -0.2) is 4.98 Å². The van der Waals surface area contributed by atoms with Crippen molar-refractivity contribution in [1.82, 2.24) is 15.6 Å². The van der Waals surface area contributed by atoms with Crippen LogP contribution in [0.15, 0.2) is 23.3 Å². The first-order valence-electron chi connectivity index (χ1n) is 7.85. The van der Waals surface area contributed by atoms with Crippen molar-refractivity contribution in [1.29, 1.82) is 0 Å². The fourth-order valence-electron chi connectivity index (χ4n) is 2.54. The van der Waals surface area contributed by atoms with Gasteiger partial charge in [0.25, 0.3) is 0 Å². The zero-order valence-corrected chi connectivity index (χ0v) is 18.1. The third-order valence-electron chi connectivity index (χ3n) is 4.13. The number of aromatic nitrogens is 1. The minimum absolute atomic E-state index is 0. The normalized spacial score (nSPS) is 17.0. The fraction of sp³-hybridized carbons (Fsp3) is 0.625. The molecule has 1 aromatic rings. The monoisotopic (exact) mass is 484 g/mol. The highest BCUT2D eigenvalue weighted by molar-refractivity contribution is 14.0. The van der Waals surface area contributed by atoms with Gasteiger partial charge in [0, 0.05) is 44.3 Å². The number of nitrogens with one attached hydrogen (secondary N) is 2. The molecule has 136 valence electrons. The van der Waals surface area contributed by atoms with Crippen LogP contribution < -0.4 is 10.6 Å². The molecule has 0 spiro atoms. The first-order valence-corrected chi connectivity index (χ1v) is 9.45. The quantitative estimate of drug-likeness (QED) is 0.281. The van der Waals surface area contributed by atoms with Crippen molar-refractivity contribution in [3.8, 4) is 0 Å². The number of pyridine rings is 1. The lowest BCUT2D eigenvalue weighted by molar-refractivity contribution is 0.0783. The van der Waals surface area contributed by atoms with E-state index in [0.29, 0.717) is 5.15 Å². The Morgan fingerprint density at radius 3 is 2.71 bits per heavy atom. The van der Waals surface area contributed by atoms with Crippen LogP contribution in [0.2, 0.25) is 5.15 Å². The summed E-state index contributed by atoms with van der Waals surface area (Å²) < 4.78 is 5.73. The number of aliphatic imine (C=N–C) groups is 1. The van der Waals surface area contributed by atoms with Crippen LogP contribution in [0.4, 0.5) is 0 Å². The average Bonchev–Trinajstić information content (AvgIpc) is 2.60. The van der Waals surface area contributed by atoms with Crippen LogP contribution in [-0.4, -0.2) is 55.3 Å². The van der Waals surface area contributed by atoms with Crippen LogP contribution in [0.3, 0.4) is 0 Å². The van der Waals surface area contributed by atoms with Gasteiger partial charge in [0.2, 0.25) is 0 Å². The summed E-state index contributed by atoms with van der Waals surface area (Å²) in [5.41, 5.74) is 1.15. The molecule has 24 heavy (non-hydrogen) atoms. The molecule has 0 aromatic carbocycles. The van der Waals surface area contributed by atoms with Gasteiger partial charge in [0.1, 0.15) is 5.15 Å². The molecule has 1 aliphatic heterocycles. The van der Waals surface area contributed by atoms with Crippen molar-refractivity contribution in [3.05, 3.63) is 29.0 Å². The molecule has 2 N–H and O–H groups in total. The SMILES string of the molecule is CN=C(NCCc1ccc(Cl)nc1)NCC1(SC)CCOCC1.I. The van der Waals surface area contributed by atoms with Crippen LogP contribution >= 0.6 is 47.3 Å². The highest BCUT2D eigenvalue weighted by atomic mass is 127. The van der Waals surface area contributed by atoms with E-state index < -0.39 is 0 Å². The number of guanidine groups is 1. The summed E-state index contributed by atoms with van der Waals surface area (Å²) in [6.07, 6.45) is 7.03. The Hall–Kier alpha value is -0.250. The van der Waals surface area contributed by atoms with E-state index >= 15 is 0 Å².